The van der Waals surface area contributed by atoms with Crippen LogP contribution in [0, 0.1) is 5.82 Å². The number of carbonyl (C=O) groups excluding carboxylic acids is 1. The fraction of sp³-hybridized carbons (Fsp3) is 0.167. The number of hydrogen-bond donors (Lipinski definition) is 1. The van der Waals surface area contributed by atoms with Gasteiger partial charge in [-0.3, -0.25) is 4.79 Å². The van der Waals surface area contributed by atoms with Crippen LogP contribution in [0.4, 0.5) is 4.39 Å². The molecule has 1 heterocycles. The zero-order chi connectivity index (χ0) is 16.9. The van der Waals surface area contributed by atoms with Crippen LogP contribution < -0.4 is 5.32 Å². The lowest BCUT2D eigenvalue weighted by Gasteiger charge is -2.15. The molecule has 1 atom stereocenters. The molecule has 5 nitrogen and oxygen atoms in total. The number of aromatic nitrogens is 3. The lowest BCUT2D eigenvalue weighted by molar-refractivity contribution is -0.119. The zero-order valence-corrected chi connectivity index (χ0v) is 13.2. The molecule has 0 unspecified atom stereocenters. The molecule has 2 aromatic carbocycles. The molecule has 122 valence electrons. The molecule has 0 spiro atoms. The van der Waals surface area contributed by atoms with Crippen molar-refractivity contribution in [1.29, 1.82) is 0 Å². The van der Waals surface area contributed by atoms with Crippen molar-refractivity contribution >= 4 is 5.91 Å². The first kappa shape index (κ1) is 15.9. The minimum absolute atomic E-state index is 0.193. The van der Waals surface area contributed by atoms with Crippen molar-refractivity contribution in [3.05, 3.63) is 83.4 Å². The Morgan fingerprint density at radius 3 is 2.54 bits per heavy atom. The molecule has 1 amide bonds. The Bertz CT molecular complexity index is 815. The molecule has 1 N–H and O–H groups in total. The number of carbonyl (C=O) groups is 1. The van der Waals surface area contributed by atoms with E-state index in [1.165, 1.54) is 19.1 Å². The third-order valence-corrected chi connectivity index (χ3v) is 3.59. The number of nitrogens with zero attached hydrogens (tertiary/aromatic N) is 3. The topological polar surface area (TPSA) is 59.8 Å². The maximum Gasteiger partial charge on any atom is 0.217 e. The van der Waals surface area contributed by atoms with Gasteiger partial charge < -0.3 is 5.32 Å². The third kappa shape index (κ3) is 3.84. The van der Waals surface area contributed by atoms with E-state index in [0.717, 1.165) is 11.1 Å². The lowest BCUT2D eigenvalue weighted by Crippen LogP contribution is -2.27. The minimum atomic E-state index is -0.465. The van der Waals surface area contributed by atoms with Gasteiger partial charge >= 0.3 is 0 Å². The summed E-state index contributed by atoms with van der Waals surface area (Å²) in [6.07, 6.45) is 1.79. The van der Waals surface area contributed by atoms with Gasteiger partial charge in [0.1, 0.15) is 11.5 Å². The Balaban J connectivity index is 1.85. The summed E-state index contributed by atoms with van der Waals surface area (Å²) >= 11 is 0. The molecular formula is C18H17FN4O. The smallest absolute Gasteiger partial charge is 0.217 e. The van der Waals surface area contributed by atoms with E-state index in [1.54, 1.807) is 23.0 Å². The van der Waals surface area contributed by atoms with E-state index >= 15 is 0 Å². The van der Waals surface area contributed by atoms with E-state index < -0.39 is 6.04 Å². The standard InChI is InChI=1S/C18H17FN4O/c1-13(24)20-18(15-7-9-16(19)10-8-15)17-12-23(22-21-17)11-14-5-3-2-4-6-14/h2-10,12,18H,11H2,1H3,(H,20,24)/t18-/m0/s1. The minimum Gasteiger partial charge on any atom is -0.344 e. The van der Waals surface area contributed by atoms with E-state index in [-0.39, 0.29) is 11.7 Å². The van der Waals surface area contributed by atoms with Gasteiger partial charge in [-0.25, -0.2) is 9.07 Å². The molecule has 6 heteroatoms. The molecule has 0 saturated carbocycles. The first-order valence-corrected chi connectivity index (χ1v) is 7.58. The second-order valence-electron chi connectivity index (χ2n) is 5.51. The Morgan fingerprint density at radius 2 is 1.88 bits per heavy atom. The Hall–Kier alpha value is -3.02. The molecule has 0 fully saturated rings. The fourth-order valence-corrected chi connectivity index (χ4v) is 2.48. The summed E-state index contributed by atoms with van der Waals surface area (Å²) in [4.78, 5) is 11.5. The third-order valence-electron chi connectivity index (χ3n) is 3.59. The van der Waals surface area contributed by atoms with Gasteiger partial charge in [-0.1, -0.05) is 47.7 Å². The van der Waals surface area contributed by atoms with Crippen LogP contribution in [0.15, 0.2) is 60.8 Å². The average Bonchev–Trinajstić information content (AvgIpc) is 3.02. The summed E-state index contributed by atoms with van der Waals surface area (Å²) in [6.45, 7) is 2.02. The monoisotopic (exact) mass is 324 g/mol. The molecule has 0 radical (unpaired) electrons. The van der Waals surface area contributed by atoms with Crippen LogP contribution >= 0.6 is 0 Å². The number of amides is 1. The lowest BCUT2D eigenvalue weighted by atomic mass is 10.0. The van der Waals surface area contributed by atoms with E-state index in [2.05, 4.69) is 15.6 Å². The van der Waals surface area contributed by atoms with E-state index in [1.807, 2.05) is 30.3 Å². The van der Waals surface area contributed by atoms with Crippen LogP contribution in [0.25, 0.3) is 0 Å². The van der Waals surface area contributed by atoms with Crippen molar-refractivity contribution in [2.24, 2.45) is 0 Å². The first-order chi connectivity index (χ1) is 11.6. The number of nitrogens with one attached hydrogen (secondary N) is 1. The molecule has 3 aromatic rings. The van der Waals surface area contributed by atoms with Crippen molar-refractivity contribution in [1.82, 2.24) is 20.3 Å². The molecule has 0 bridgehead atoms. The summed E-state index contributed by atoms with van der Waals surface area (Å²) in [7, 11) is 0. The molecule has 0 aliphatic heterocycles. The van der Waals surface area contributed by atoms with Gasteiger partial charge in [-0.15, -0.1) is 5.10 Å². The van der Waals surface area contributed by atoms with Crippen molar-refractivity contribution in [3.8, 4) is 0 Å². The van der Waals surface area contributed by atoms with Crippen molar-refractivity contribution < 1.29 is 9.18 Å². The molecule has 0 aliphatic carbocycles. The Labute approximate surface area is 139 Å². The van der Waals surface area contributed by atoms with E-state index in [4.69, 9.17) is 0 Å². The van der Waals surface area contributed by atoms with Crippen molar-refractivity contribution in [2.45, 2.75) is 19.5 Å². The number of hydrogen-bond acceptors (Lipinski definition) is 3. The van der Waals surface area contributed by atoms with Gasteiger partial charge in [0, 0.05) is 6.92 Å². The quantitative estimate of drug-likeness (QED) is 0.785. The number of benzene rings is 2. The van der Waals surface area contributed by atoms with Gasteiger partial charge in [-0.2, -0.15) is 0 Å². The Kier molecular flexibility index (Phi) is 4.65. The molecule has 1 aromatic heterocycles. The maximum atomic E-state index is 13.1. The zero-order valence-electron chi connectivity index (χ0n) is 13.2. The highest BCUT2D eigenvalue weighted by Gasteiger charge is 2.19. The van der Waals surface area contributed by atoms with Crippen molar-refractivity contribution in [2.75, 3.05) is 0 Å². The fourth-order valence-electron chi connectivity index (χ4n) is 2.48. The number of rotatable bonds is 5. The van der Waals surface area contributed by atoms with Crippen LogP contribution in [0.1, 0.15) is 29.8 Å². The van der Waals surface area contributed by atoms with Gasteiger partial charge in [0.15, 0.2) is 0 Å². The van der Waals surface area contributed by atoms with Crippen LogP contribution in [-0.2, 0) is 11.3 Å². The summed E-state index contributed by atoms with van der Waals surface area (Å²) in [6, 6.07) is 15.4. The second kappa shape index (κ2) is 7.04. The summed E-state index contributed by atoms with van der Waals surface area (Å²) in [5.41, 5.74) is 2.46. The maximum absolute atomic E-state index is 13.1. The molecular weight excluding hydrogens is 307 g/mol. The van der Waals surface area contributed by atoms with Gasteiger partial charge in [0.05, 0.1) is 18.8 Å². The number of halogens is 1. The van der Waals surface area contributed by atoms with Crippen molar-refractivity contribution in [3.63, 3.8) is 0 Å². The molecule has 24 heavy (non-hydrogen) atoms. The highest BCUT2D eigenvalue weighted by atomic mass is 19.1. The molecule has 0 aliphatic rings. The largest absolute Gasteiger partial charge is 0.344 e. The van der Waals surface area contributed by atoms with Crippen LogP contribution in [0.3, 0.4) is 0 Å². The summed E-state index contributed by atoms with van der Waals surface area (Å²) in [5, 5.41) is 11.1. The SMILES string of the molecule is CC(=O)N[C@@H](c1ccc(F)cc1)c1cn(Cc2ccccc2)nn1. The van der Waals surface area contributed by atoms with E-state index in [9.17, 15) is 9.18 Å². The first-order valence-electron chi connectivity index (χ1n) is 7.58. The van der Waals surface area contributed by atoms with Crippen LogP contribution in [0.2, 0.25) is 0 Å². The summed E-state index contributed by atoms with van der Waals surface area (Å²) < 4.78 is 14.9. The van der Waals surface area contributed by atoms with Crippen LogP contribution in [0.5, 0.6) is 0 Å². The highest BCUT2D eigenvalue weighted by Crippen LogP contribution is 2.20. The Morgan fingerprint density at radius 1 is 1.17 bits per heavy atom. The van der Waals surface area contributed by atoms with Gasteiger partial charge in [0.25, 0.3) is 0 Å². The highest BCUT2D eigenvalue weighted by molar-refractivity contribution is 5.74. The van der Waals surface area contributed by atoms with Gasteiger partial charge in [-0.05, 0) is 23.3 Å². The molecule has 3 rings (SSSR count). The predicted octanol–water partition coefficient (Wildman–Crippen LogP) is 2.69. The average molecular weight is 324 g/mol. The van der Waals surface area contributed by atoms with Crippen LogP contribution in [-0.4, -0.2) is 20.9 Å². The predicted molar refractivity (Wildman–Crippen MR) is 87.6 cm³/mol. The second-order valence-corrected chi connectivity index (χ2v) is 5.51. The summed E-state index contributed by atoms with van der Waals surface area (Å²) in [5.74, 6) is -0.519. The van der Waals surface area contributed by atoms with E-state index in [0.29, 0.717) is 12.2 Å². The normalized spacial score (nSPS) is 11.9. The van der Waals surface area contributed by atoms with Gasteiger partial charge in [0.2, 0.25) is 5.91 Å². The molecule has 0 saturated heterocycles.